The van der Waals surface area contributed by atoms with E-state index in [9.17, 15) is 24.0 Å². The summed E-state index contributed by atoms with van der Waals surface area (Å²) in [5.74, 6) is -1.26. The van der Waals surface area contributed by atoms with Crippen LogP contribution in [0.5, 0.6) is 0 Å². The number of nitrogens with two attached hydrogens (primary N) is 1. The Morgan fingerprint density at radius 1 is 0.877 bits per heavy atom. The SMILES string of the molecule is CCCCC(CCCCN(Cc1cccc(N2CCCC2)c1)C1CCN(c2cc(C)nc(N)n2)CC1)COC(CCCC)C(=O)Nc1cccc2c1C(=O)N(C1CCC(=O)NC1=O)C2=O. The van der Waals surface area contributed by atoms with Gasteiger partial charge in [-0.05, 0) is 107 Å². The lowest BCUT2D eigenvalue weighted by atomic mass is 9.96. The van der Waals surface area contributed by atoms with Crippen LogP contribution in [-0.2, 0) is 25.7 Å². The number of benzene rings is 2. The van der Waals surface area contributed by atoms with Crippen molar-refractivity contribution in [1.82, 2.24) is 25.1 Å². The molecule has 3 aromatic rings. The molecule has 1 aromatic heterocycles. The van der Waals surface area contributed by atoms with E-state index in [1.54, 1.807) is 12.1 Å². The summed E-state index contributed by atoms with van der Waals surface area (Å²) in [6.45, 7) is 12.6. The van der Waals surface area contributed by atoms with Crippen molar-refractivity contribution in [3.05, 3.63) is 70.9 Å². The van der Waals surface area contributed by atoms with Gasteiger partial charge in [-0.1, -0.05) is 64.2 Å². The Balaban J connectivity index is 0.974. The van der Waals surface area contributed by atoms with Crippen LogP contribution in [0.25, 0.3) is 0 Å². The highest BCUT2D eigenvalue weighted by atomic mass is 16.5. The Hall–Kier alpha value is -5.41. The van der Waals surface area contributed by atoms with E-state index >= 15 is 0 Å². The van der Waals surface area contributed by atoms with Gasteiger partial charge in [0.1, 0.15) is 18.0 Å². The van der Waals surface area contributed by atoms with E-state index < -0.39 is 35.8 Å². The molecule has 3 fully saturated rings. The topological polar surface area (TPSA) is 183 Å². The van der Waals surface area contributed by atoms with Crippen LogP contribution in [0.4, 0.5) is 23.1 Å². The predicted molar refractivity (Wildman–Crippen MR) is 253 cm³/mol. The van der Waals surface area contributed by atoms with Crippen LogP contribution < -0.4 is 26.2 Å². The Bertz CT molecular complexity index is 2130. The number of nitrogens with zero attached hydrogens (tertiary/aromatic N) is 6. The number of hydrogen-bond donors (Lipinski definition) is 3. The average Bonchev–Trinajstić information content (AvgIpc) is 3.93. The highest BCUT2D eigenvalue weighted by Crippen LogP contribution is 2.33. The molecule has 0 radical (unpaired) electrons. The predicted octanol–water partition coefficient (Wildman–Crippen LogP) is 7.03. The van der Waals surface area contributed by atoms with Crippen molar-refractivity contribution < 1.29 is 28.7 Å². The third-order valence-corrected chi connectivity index (χ3v) is 13.6. The van der Waals surface area contributed by atoms with E-state index in [1.807, 2.05) is 13.0 Å². The Morgan fingerprint density at radius 3 is 2.35 bits per heavy atom. The van der Waals surface area contributed by atoms with Crippen molar-refractivity contribution in [2.75, 3.05) is 60.2 Å². The molecule has 0 spiro atoms. The molecule has 2 aromatic carbocycles. The number of carbonyl (C=O) groups is 5. The summed E-state index contributed by atoms with van der Waals surface area (Å²) in [4.78, 5) is 82.9. The molecule has 4 aliphatic heterocycles. The third kappa shape index (κ3) is 12.1. The largest absolute Gasteiger partial charge is 0.372 e. The molecule has 0 saturated carbocycles. The maximum atomic E-state index is 14.0. The lowest BCUT2D eigenvalue weighted by Gasteiger charge is -2.39. The van der Waals surface area contributed by atoms with E-state index in [0.717, 1.165) is 120 Å². The summed E-state index contributed by atoms with van der Waals surface area (Å²) in [5.41, 5.74) is 9.96. The van der Waals surface area contributed by atoms with Gasteiger partial charge in [0.15, 0.2) is 0 Å². The van der Waals surface area contributed by atoms with Crippen molar-refractivity contribution in [2.45, 2.75) is 142 Å². The molecule has 15 nitrogen and oxygen atoms in total. The summed E-state index contributed by atoms with van der Waals surface area (Å²) in [5, 5.41) is 5.15. The number of anilines is 4. The number of rotatable bonds is 22. The van der Waals surface area contributed by atoms with Crippen LogP contribution in [-0.4, -0.2) is 107 Å². The average molecular weight is 892 g/mol. The molecule has 0 aliphatic carbocycles. The third-order valence-electron chi connectivity index (χ3n) is 13.6. The number of imide groups is 2. The van der Waals surface area contributed by atoms with Gasteiger partial charge >= 0.3 is 0 Å². The zero-order valence-corrected chi connectivity index (χ0v) is 38.7. The lowest BCUT2D eigenvalue weighted by molar-refractivity contribution is -0.136. The van der Waals surface area contributed by atoms with Gasteiger partial charge in [0.2, 0.25) is 17.8 Å². The van der Waals surface area contributed by atoms with Gasteiger partial charge in [-0.25, -0.2) is 4.98 Å². The second-order valence-electron chi connectivity index (χ2n) is 18.4. The Labute approximate surface area is 384 Å². The smallest absolute Gasteiger partial charge is 0.264 e. The van der Waals surface area contributed by atoms with E-state index in [0.29, 0.717) is 25.0 Å². The number of unbranched alkanes of at least 4 members (excludes halogenated alkanes) is 3. The lowest BCUT2D eigenvalue weighted by Crippen LogP contribution is -2.54. The second kappa shape index (κ2) is 22.7. The fraction of sp³-hybridized carbons (Fsp3) is 0.580. The first-order chi connectivity index (χ1) is 31.5. The molecule has 0 bridgehead atoms. The van der Waals surface area contributed by atoms with Gasteiger partial charge in [-0.2, -0.15) is 4.98 Å². The standard InChI is InChI=1S/C50H69N9O6/c1-4-6-14-35(33-65-42(20-7-5-2)47(62)53-40-19-13-18-39-45(40)49(64)59(48(39)63)41-21-22-44(60)55-46(41)61)15-8-9-27-58(32-36-16-12-17-38(31-36)56-25-10-11-26-56)37-23-28-57(29-24-37)43-30-34(3)52-50(51)54-43/h12-13,16-19,30-31,35,37,41-42H,4-11,14-15,20-29,32-33H2,1-3H3,(H,53,62)(H2,51,52,54)(H,55,60,61). The van der Waals surface area contributed by atoms with Gasteiger partial charge in [0, 0.05) is 62.6 Å². The summed E-state index contributed by atoms with van der Waals surface area (Å²) < 4.78 is 6.52. The molecular weight excluding hydrogens is 823 g/mol. The number of piperidine rings is 2. The van der Waals surface area contributed by atoms with Crippen LogP contribution in [0, 0.1) is 12.8 Å². The fourth-order valence-electron chi connectivity index (χ4n) is 9.96. The summed E-state index contributed by atoms with van der Waals surface area (Å²) >= 11 is 0. The first-order valence-electron chi connectivity index (χ1n) is 24.2. The highest BCUT2D eigenvalue weighted by molar-refractivity contribution is 6.26. The van der Waals surface area contributed by atoms with Crippen LogP contribution >= 0.6 is 0 Å². The van der Waals surface area contributed by atoms with Crippen molar-refractivity contribution in [1.29, 1.82) is 0 Å². The van der Waals surface area contributed by atoms with Crippen LogP contribution in [0.1, 0.15) is 142 Å². The van der Waals surface area contributed by atoms with E-state index in [1.165, 1.54) is 30.2 Å². The van der Waals surface area contributed by atoms with Crippen LogP contribution in [0.3, 0.4) is 0 Å². The number of ether oxygens (including phenoxy) is 1. The zero-order chi connectivity index (χ0) is 45.9. The minimum atomic E-state index is -1.09. The summed E-state index contributed by atoms with van der Waals surface area (Å²) in [7, 11) is 0. The molecule has 15 heteroatoms. The number of fused-ring (bicyclic) bond motifs is 1. The van der Waals surface area contributed by atoms with Crippen molar-refractivity contribution in [2.24, 2.45) is 5.92 Å². The minimum absolute atomic E-state index is 0.0257. The molecule has 350 valence electrons. The van der Waals surface area contributed by atoms with Gasteiger partial charge < -0.3 is 25.6 Å². The van der Waals surface area contributed by atoms with Crippen LogP contribution in [0.2, 0.25) is 0 Å². The molecule has 5 amide bonds. The maximum absolute atomic E-state index is 14.0. The van der Waals surface area contributed by atoms with E-state index in [2.05, 4.69) is 73.4 Å². The second-order valence-corrected chi connectivity index (χ2v) is 18.4. The summed E-state index contributed by atoms with van der Waals surface area (Å²) in [6, 6.07) is 15.2. The Morgan fingerprint density at radius 2 is 1.62 bits per heavy atom. The number of nitrogen functional groups attached to an aromatic ring is 1. The molecular formula is C50H69N9O6. The first-order valence-corrected chi connectivity index (χ1v) is 24.2. The van der Waals surface area contributed by atoms with E-state index in [4.69, 9.17) is 10.5 Å². The minimum Gasteiger partial charge on any atom is -0.372 e. The fourth-order valence-corrected chi connectivity index (χ4v) is 9.96. The van der Waals surface area contributed by atoms with Gasteiger partial charge in [0.25, 0.3) is 17.7 Å². The quantitative estimate of drug-likeness (QED) is 0.0693. The number of aromatic nitrogens is 2. The van der Waals surface area contributed by atoms with Gasteiger partial charge in [-0.3, -0.25) is 39.1 Å². The van der Waals surface area contributed by atoms with Crippen molar-refractivity contribution in [3.63, 3.8) is 0 Å². The van der Waals surface area contributed by atoms with Gasteiger partial charge in [-0.15, -0.1) is 0 Å². The first kappa shape index (κ1) is 47.5. The molecule has 7 rings (SSSR count). The number of amides is 5. The number of hydrogen-bond acceptors (Lipinski definition) is 12. The molecule has 3 unspecified atom stereocenters. The molecule has 4 aliphatic rings. The summed E-state index contributed by atoms with van der Waals surface area (Å²) in [6.07, 6.45) is 12.3. The van der Waals surface area contributed by atoms with Crippen LogP contribution in [0.15, 0.2) is 48.5 Å². The molecule has 3 atom stereocenters. The molecule has 5 heterocycles. The maximum Gasteiger partial charge on any atom is 0.264 e. The monoisotopic (exact) mass is 892 g/mol. The molecule has 3 saturated heterocycles. The molecule has 4 N–H and O–H groups in total. The van der Waals surface area contributed by atoms with Crippen molar-refractivity contribution in [3.8, 4) is 0 Å². The normalized spacial score (nSPS) is 19.0. The number of aryl methyl sites for hydroxylation is 1. The van der Waals surface area contributed by atoms with Gasteiger partial charge in [0.05, 0.1) is 23.4 Å². The number of carbonyl (C=O) groups excluding carboxylic acids is 5. The molecule has 65 heavy (non-hydrogen) atoms. The van der Waals surface area contributed by atoms with Crippen molar-refractivity contribution >= 4 is 52.7 Å². The highest BCUT2D eigenvalue weighted by Gasteiger charge is 2.46. The zero-order valence-electron chi connectivity index (χ0n) is 38.7. The number of nitrogens with one attached hydrogen (secondary N) is 2. The van der Waals surface area contributed by atoms with E-state index in [-0.39, 0.29) is 41.5 Å². The Kier molecular flexibility index (Phi) is 16.6.